The highest BCUT2D eigenvalue weighted by Gasteiger charge is 2.41. The third-order valence-corrected chi connectivity index (χ3v) is 6.54. The van der Waals surface area contributed by atoms with Gasteiger partial charge in [0.05, 0.1) is 4.91 Å². The van der Waals surface area contributed by atoms with E-state index in [1.54, 1.807) is 0 Å². The summed E-state index contributed by atoms with van der Waals surface area (Å²) in [5.74, 6) is 0. The van der Waals surface area contributed by atoms with E-state index in [-0.39, 0.29) is 0 Å². The molecule has 82 valence electrons. The molecule has 0 spiro atoms. The quantitative estimate of drug-likeness (QED) is 0.797. The molecule has 4 heteroatoms. The highest BCUT2D eigenvalue weighted by molar-refractivity contribution is 9.13. The Labute approximate surface area is 103 Å². The summed E-state index contributed by atoms with van der Waals surface area (Å²) < 4.78 is 24.8. The molecular weight excluding hydrogens is 288 g/mol. The average Bonchev–Trinajstić information content (AvgIpc) is 2.36. The van der Waals surface area contributed by atoms with Crippen LogP contribution in [0.1, 0.15) is 18.4 Å². The van der Waals surface area contributed by atoms with Crippen LogP contribution in [0.4, 0.5) is 0 Å². The molecule has 1 aromatic carbocycles. The van der Waals surface area contributed by atoms with Gasteiger partial charge in [0.1, 0.15) is 3.81 Å². The lowest BCUT2D eigenvalue weighted by Gasteiger charge is -2.18. The zero-order valence-electron chi connectivity index (χ0n) is 8.40. The first-order valence-corrected chi connectivity index (χ1v) is 7.32. The van der Waals surface area contributed by atoms with Crippen LogP contribution in [0, 0.1) is 0 Å². The normalized spacial score (nSPS) is 22.1. The van der Waals surface area contributed by atoms with Crippen molar-refractivity contribution in [2.45, 2.75) is 12.8 Å². The lowest BCUT2D eigenvalue weighted by Crippen LogP contribution is -2.02. The Morgan fingerprint density at radius 1 is 1.00 bits per heavy atom. The van der Waals surface area contributed by atoms with Gasteiger partial charge in [-0.2, -0.15) is 0 Å². The topological polar surface area (TPSA) is 34.1 Å². The number of fused-ring (bicyclic) bond motifs is 1. The number of hydrogen-bond acceptors (Lipinski definition) is 2. The van der Waals surface area contributed by atoms with Crippen molar-refractivity contribution < 1.29 is 8.42 Å². The second-order valence-electron chi connectivity index (χ2n) is 3.93. The van der Waals surface area contributed by atoms with E-state index < -0.39 is 9.84 Å². The lowest BCUT2D eigenvalue weighted by molar-refractivity contribution is 0.613. The maximum Gasteiger partial charge on any atom is 0.214 e. The van der Waals surface area contributed by atoms with Gasteiger partial charge in [-0.1, -0.05) is 30.3 Å². The molecule has 2 nitrogen and oxygen atoms in total. The van der Waals surface area contributed by atoms with Crippen LogP contribution in [-0.2, 0) is 9.84 Å². The van der Waals surface area contributed by atoms with Crippen LogP contribution in [0.3, 0.4) is 0 Å². The molecule has 1 aromatic rings. The van der Waals surface area contributed by atoms with E-state index in [1.165, 1.54) is 0 Å². The fourth-order valence-corrected chi connectivity index (χ4v) is 4.82. The summed E-state index contributed by atoms with van der Waals surface area (Å²) in [6.07, 6.45) is 1.74. The molecule has 0 aromatic heterocycles. The maximum absolute atomic E-state index is 12.2. The van der Waals surface area contributed by atoms with Crippen molar-refractivity contribution in [3.05, 3.63) is 50.9 Å². The van der Waals surface area contributed by atoms with Crippen LogP contribution in [0.25, 0.3) is 4.91 Å². The van der Waals surface area contributed by atoms with Crippen LogP contribution in [-0.4, -0.2) is 8.42 Å². The molecule has 1 aliphatic carbocycles. The van der Waals surface area contributed by atoms with Crippen LogP contribution in [0.2, 0.25) is 0 Å². The molecule has 2 aliphatic rings. The van der Waals surface area contributed by atoms with Crippen molar-refractivity contribution in [3.8, 4) is 0 Å². The molecule has 0 N–H and O–H groups in total. The van der Waals surface area contributed by atoms with E-state index in [0.29, 0.717) is 8.72 Å². The van der Waals surface area contributed by atoms with Gasteiger partial charge >= 0.3 is 0 Å². The summed E-state index contributed by atoms with van der Waals surface area (Å²) in [5, 5.41) is 0. The summed E-state index contributed by atoms with van der Waals surface area (Å²) in [4.78, 5) is 0.501. The summed E-state index contributed by atoms with van der Waals surface area (Å²) in [5.41, 5.74) is 2.76. The van der Waals surface area contributed by atoms with Crippen molar-refractivity contribution in [3.63, 3.8) is 0 Å². The second kappa shape index (κ2) is 3.31. The van der Waals surface area contributed by atoms with Gasteiger partial charge < -0.3 is 0 Å². The highest BCUT2D eigenvalue weighted by atomic mass is 79.9. The molecular formula is C12H9BrO2S. The fraction of sp³-hybridized carbons (Fsp3) is 0.167. The first-order chi connectivity index (χ1) is 7.62. The first-order valence-electron chi connectivity index (χ1n) is 5.05. The Bertz CT molecular complexity index is 624. The molecule has 0 saturated heterocycles. The second-order valence-corrected chi connectivity index (χ2v) is 7.07. The minimum absolute atomic E-state index is 0.375. The molecule has 1 saturated carbocycles. The Morgan fingerprint density at radius 2 is 1.62 bits per heavy atom. The number of hydrogen-bond donors (Lipinski definition) is 0. The molecule has 0 atom stereocenters. The van der Waals surface area contributed by atoms with Crippen molar-refractivity contribution in [2.75, 3.05) is 0 Å². The third kappa shape index (κ3) is 1.20. The number of halogens is 1. The molecule has 0 bridgehead atoms. The van der Waals surface area contributed by atoms with Crippen molar-refractivity contribution in [1.82, 2.24) is 0 Å². The van der Waals surface area contributed by atoms with E-state index in [9.17, 15) is 8.42 Å². The average molecular weight is 297 g/mol. The van der Waals surface area contributed by atoms with Crippen LogP contribution >= 0.6 is 15.9 Å². The van der Waals surface area contributed by atoms with Gasteiger partial charge in [-0.15, -0.1) is 0 Å². The van der Waals surface area contributed by atoms with Crippen LogP contribution in [0.5, 0.6) is 0 Å². The number of sulfone groups is 1. The molecule has 1 aliphatic heterocycles. The minimum Gasteiger partial charge on any atom is -0.218 e. The van der Waals surface area contributed by atoms with Gasteiger partial charge in [-0.25, -0.2) is 8.42 Å². The predicted octanol–water partition coefficient (Wildman–Crippen LogP) is 3.23. The van der Waals surface area contributed by atoms with Gasteiger partial charge in [0, 0.05) is 0 Å². The number of allylic oxidation sites excluding steroid dienone is 2. The van der Waals surface area contributed by atoms with Crippen LogP contribution in [0.15, 0.2) is 45.3 Å². The third-order valence-electron chi connectivity index (χ3n) is 3.04. The summed E-state index contributed by atoms with van der Waals surface area (Å²) in [7, 11) is -3.28. The Balaban J connectivity index is 2.26. The lowest BCUT2D eigenvalue weighted by atomic mass is 9.86. The number of benzene rings is 1. The maximum atomic E-state index is 12.2. The van der Waals surface area contributed by atoms with Gasteiger partial charge in [0.2, 0.25) is 9.84 Å². The van der Waals surface area contributed by atoms with E-state index in [4.69, 9.17) is 0 Å². The van der Waals surface area contributed by atoms with Crippen molar-refractivity contribution in [1.29, 1.82) is 0 Å². The zero-order chi connectivity index (χ0) is 11.3. The van der Waals surface area contributed by atoms with E-state index in [0.717, 1.165) is 29.6 Å². The van der Waals surface area contributed by atoms with E-state index >= 15 is 0 Å². The van der Waals surface area contributed by atoms with Crippen molar-refractivity contribution >= 4 is 30.7 Å². The molecule has 0 amide bonds. The van der Waals surface area contributed by atoms with Gasteiger partial charge in [-0.3, -0.25) is 0 Å². The summed E-state index contributed by atoms with van der Waals surface area (Å²) in [6.45, 7) is 0. The predicted molar refractivity (Wildman–Crippen MR) is 67.5 cm³/mol. The van der Waals surface area contributed by atoms with Gasteiger partial charge in [0.15, 0.2) is 0 Å². The zero-order valence-corrected chi connectivity index (χ0v) is 10.8. The van der Waals surface area contributed by atoms with Crippen molar-refractivity contribution in [2.24, 2.45) is 0 Å². The smallest absolute Gasteiger partial charge is 0.214 e. The largest absolute Gasteiger partial charge is 0.218 e. The summed E-state index contributed by atoms with van der Waals surface area (Å²) in [6, 6.07) is 9.31. The van der Waals surface area contributed by atoms with E-state index in [1.807, 2.05) is 30.3 Å². The molecule has 1 fully saturated rings. The van der Waals surface area contributed by atoms with E-state index in [2.05, 4.69) is 15.9 Å². The van der Waals surface area contributed by atoms with Gasteiger partial charge in [-0.05, 0) is 45.5 Å². The van der Waals surface area contributed by atoms with Crippen LogP contribution < -0.4 is 0 Å². The highest BCUT2D eigenvalue weighted by Crippen LogP contribution is 2.52. The first kappa shape index (κ1) is 10.3. The Morgan fingerprint density at radius 3 is 2.12 bits per heavy atom. The minimum atomic E-state index is -3.28. The Hall–Kier alpha value is -0.870. The SMILES string of the molecule is O=S1(=O)C(Br)=C2CCC2=C1c1ccccc1. The monoisotopic (exact) mass is 296 g/mol. The Kier molecular flexibility index (Phi) is 2.13. The fourth-order valence-electron chi connectivity index (χ4n) is 2.18. The standard InChI is InChI=1S/C12H9BrO2S/c13-12-10-7-6-9(10)11(16(12,14)15)8-4-2-1-3-5-8/h1-5H,6-7H2. The number of rotatable bonds is 1. The molecule has 1 heterocycles. The van der Waals surface area contributed by atoms with Gasteiger partial charge in [0.25, 0.3) is 0 Å². The summed E-state index contributed by atoms with van der Waals surface area (Å²) >= 11 is 3.20. The molecule has 16 heavy (non-hydrogen) atoms. The molecule has 3 rings (SSSR count). The molecule has 0 radical (unpaired) electrons. The molecule has 0 unspecified atom stereocenters.